The van der Waals surface area contributed by atoms with Crippen LogP contribution in [0.4, 0.5) is 0 Å². The summed E-state index contributed by atoms with van der Waals surface area (Å²) in [5.41, 5.74) is 31.8. The number of hydrogen-bond acceptors (Lipinski definition) is 0. The molecule has 4 heterocycles. The van der Waals surface area contributed by atoms with Crippen molar-refractivity contribution in [1.29, 1.82) is 0 Å². The molecule has 0 amide bonds. The fourth-order valence-corrected chi connectivity index (χ4v) is 22.1. The number of benzene rings is 18. The van der Waals surface area contributed by atoms with Crippen LogP contribution in [-0.4, -0.2) is 38.1 Å². The molecule has 0 saturated heterocycles. The molecule has 0 radical (unpaired) electrons. The van der Waals surface area contributed by atoms with Crippen molar-refractivity contribution in [3.8, 4) is 123 Å². The second-order valence-corrected chi connectivity index (χ2v) is 33.5. The van der Waals surface area contributed by atoms with Gasteiger partial charge in [-0.15, -0.1) is 0 Å². The molecule has 4 heteroatoms. The fraction of sp³-hybridized carbons (Fsp3) is 0. The summed E-state index contributed by atoms with van der Waals surface area (Å²) < 4.78 is 10.7. The van der Waals surface area contributed by atoms with Crippen molar-refractivity contribution in [3.63, 3.8) is 0 Å². The number of nitrogens with zero attached hydrogens (tertiary/aromatic N) is 2. The molecule has 0 atom stereocenters. The fourth-order valence-electron chi connectivity index (χ4n) is 16.9. The minimum atomic E-state index is 0.241. The van der Waals surface area contributed by atoms with E-state index in [2.05, 4.69) is 434 Å². The van der Waals surface area contributed by atoms with E-state index in [0.29, 0.717) is 0 Å². The third-order valence-electron chi connectivity index (χ3n) is 22.4. The first-order valence-corrected chi connectivity index (χ1v) is 41.8. The summed E-state index contributed by atoms with van der Waals surface area (Å²) >= 11 is 0.485. The van der Waals surface area contributed by atoms with E-state index >= 15 is 0 Å². The maximum absolute atomic E-state index is 2.42. The Kier molecular flexibility index (Phi) is 17.0. The zero-order chi connectivity index (χ0) is 74.0. The van der Waals surface area contributed by atoms with Crippen molar-refractivity contribution in [1.82, 2.24) is 9.13 Å². The third-order valence-corrected chi connectivity index (χ3v) is 27.5. The van der Waals surface area contributed by atoms with Gasteiger partial charge in [0.05, 0.1) is 0 Å². The van der Waals surface area contributed by atoms with Gasteiger partial charge in [0.25, 0.3) is 0 Å². The van der Waals surface area contributed by atoms with Gasteiger partial charge in [0, 0.05) is 0 Å². The molecule has 0 aliphatic rings. The molecular weight excluding hydrogens is 1480 g/mol. The SMILES string of the molecule is c1ccc(-c2ccc(-c3cc(-c4ccc5c(c4)c4ccccc4n5-c4cccc(-c5ccccc5)c4)cc(-c4cccc5c4[se]c4ccccc45)c3)cc2)cc1.c1ccc(-c2cccc(-c3cc(-c4ccc5c(c4)c4ccccc4n5-c4cccc(-c5ccccc5)c4)cc(-c4cccc5c4[se]c4ccccc45)c3)c2)cc1. The van der Waals surface area contributed by atoms with Crippen molar-refractivity contribution < 1.29 is 0 Å². The van der Waals surface area contributed by atoms with Crippen LogP contribution < -0.4 is 0 Å². The molecule has 0 aliphatic heterocycles. The molecule has 0 bridgehead atoms. The predicted molar refractivity (Wildman–Crippen MR) is 480 cm³/mol. The van der Waals surface area contributed by atoms with Crippen molar-refractivity contribution in [2.24, 2.45) is 0 Å². The van der Waals surface area contributed by atoms with Gasteiger partial charge in [0.1, 0.15) is 0 Å². The second kappa shape index (κ2) is 28.6. The molecule has 0 saturated carbocycles. The first-order chi connectivity index (χ1) is 55.5. The van der Waals surface area contributed by atoms with E-state index in [1.54, 1.807) is 0 Å². The van der Waals surface area contributed by atoms with Crippen LogP contribution in [-0.2, 0) is 0 Å². The van der Waals surface area contributed by atoms with Gasteiger partial charge in [-0.05, 0) is 22.3 Å². The van der Waals surface area contributed by atoms with E-state index in [0.717, 1.165) is 11.4 Å². The van der Waals surface area contributed by atoms with E-state index < -0.39 is 0 Å². The quantitative estimate of drug-likeness (QED) is 0.108. The molecule has 0 fully saturated rings. The molecule has 524 valence electrons. The van der Waals surface area contributed by atoms with E-state index in [1.807, 2.05) is 0 Å². The van der Waals surface area contributed by atoms with Gasteiger partial charge in [-0.2, -0.15) is 0 Å². The molecule has 0 N–H and O–H groups in total. The first kappa shape index (κ1) is 66.8. The van der Waals surface area contributed by atoms with Gasteiger partial charge in [-0.25, -0.2) is 0 Å². The molecule has 0 unspecified atom stereocenters. The van der Waals surface area contributed by atoms with E-state index in [-0.39, 0.29) is 29.0 Å². The van der Waals surface area contributed by atoms with Crippen LogP contribution in [0.5, 0.6) is 0 Å². The predicted octanol–water partition coefficient (Wildman–Crippen LogP) is 29.0. The number of aromatic nitrogens is 2. The van der Waals surface area contributed by atoms with Crippen molar-refractivity contribution in [2.45, 2.75) is 0 Å². The third kappa shape index (κ3) is 12.2. The Morgan fingerprint density at radius 1 is 0.143 bits per heavy atom. The molecule has 18 aromatic carbocycles. The summed E-state index contributed by atoms with van der Waals surface area (Å²) in [7, 11) is 0. The number of rotatable bonds is 12. The average Bonchev–Trinajstić information content (AvgIpc) is 1.59. The van der Waals surface area contributed by atoms with Crippen molar-refractivity contribution >= 4 is 111 Å². The van der Waals surface area contributed by atoms with Crippen LogP contribution in [0.2, 0.25) is 0 Å². The Labute approximate surface area is 662 Å². The summed E-state index contributed by atoms with van der Waals surface area (Å²) in [5, 5.41) is 10.5. The second-order valence-electron chi connectivity index (χ2n) is 29.1. The van der Waals surface area contributed by atoms with Crippen LogP contribution in [0.1, 0.15) is 0 Å². The summed E-state index contributed by atoms with van der Waals surface area (Å²) in [5.74, 6) is 0. The van der Waals surface area contributed by atoms with Gasteiger partial charge in [0.15, 0.2) is 0 Å². The van der Waals surface area contributed by atoms with Crippen molar-refractivity contribution in [3.05, 3.63) is 425 Å². The summed E-state index contributed by atoms with van der Waals surface area (Å²) in [6.07, 6.45) is 0. The zero-order valence-electron chi connectivity index (χ0n) is 61.1. The van der Waals surface area contributed by atoms with Gasteiger partial charge in [-0.3, -0.25) is 0 Å². The Morgan fingerprint density at radius 2 is 0.402 bits per heavy atom. The Morgan fingerprint density at radius 3 is 0.830 bits per heavy atom. The number of hydrogen-bond donors (Lipinski definition) is 0. The topological polar surface area (TPSA) is 9.86 Å². The molecule has 4 aromatic heterocycles. The molecule has 22 rings (SSSR count). The van der Waals surface area contributed by atoms with Gasteiger partial charge >= 0.3 is 554 Å². The normalized spacial score (nSPS) is 11.6. The molecule has 0 spiro atoms. The van der Waals surface area contributed by atoms with Crippen molar-refractivity contribution in [2.75, 3.05) is 0 Å². The molecule has 22 aromatic rings. The molecular formula is C108H70N2Se2. The van der Waals surface area contributed by atoms with Gasteiger partial charge in [-0.1, -0.05) is 91.0 Å². The molecule has 112 heavy (non-hydrogen) atoms. The Bertz CT molecular complexity index is 7350. The minimum absolute atomic E-state index is 0.241. The van der Waals surface area contributed by atoms with Crippen LogP contribution in [0.3, 0.4) is 0 Å². The maximum atomic E-state index is 2.42. The monoisotopic (exact) mass is 1550 g/mol. The van der Waals surface area contributed by atoms with Gasteiger partial charge < -0.3 is 0 Å². The van der Waals surface area contributed by atoms with Crippen LogP contribution in [0.15, 0.2) is 425 Å². The van der Waals surface area contributed by atoms with Crippen LogP contribution >= 0.6 is 0 Å². The summed E-state index contributed by atoms with van der Waals surface area (Å²) in [4.78, 5) is 0. The van der Waals surface area contributed by atoms with Gasteiger partial charge in [0.2, 0.25) is 0 Å². The zero-order valence-corrected chi connectivity index (χ0v) is 64.6. The standard InChI is InChI=1S/2C54H35NSe/c1-3-14-36(15-4-1)38-18-11-19-39(30-38)42-31-43(33-44(32-42)46-24-13-25-49-48-23-8-10-27-53(48)56-54(46)49)41-28-29-52-50(35-41)47-22-7-9-26-51(47)55(52)45-21-12-20-40(34-45)37-16-5-2-6-17-37;1-3-13-36(14-4-1)38-25-27-39(28-26-38)42-31-43(33-44(32-42)46-21-12-22-49-48-20-8-10-24-53(48)56-54(46)49)41-29-30-52-50(35-41)47-19-7-9-23-51(47)55(52)45-18-11-17-40(34-45)37-15-5-2-6-16-37/h2*1-35H. The average molecular weight is 1550 g/mol. The van der Waals surface area contributed by atoms with Crippen LogP contribution in [0.25, 0.3) is 205 Å². The number of para-hydroxylation sites is 2. The Balaban J connectivity index is 0.000000141. The summed E-state index contributed by atoms with van der Waals surface area (Å²) in [6.45, 7) is 0. The van der Waals surface area contributed by atoms with E-state index in [9.17, 15) is 0 Å². The van der Waals surface area contributed by atoms with E-state index in [4.69, 9.17) is 0 Å². The van der Waals surface area contributed by atoms with E-state index in [1.165, 1.54) is 193 Å². The Hall–Kier alpha value is -13.4. The summed E-state index contributed by atoms with van der Waals surface area (Å²) in [6, 6.07) is 156. The number of fused-ring (bicyclic) bond motifs is 12. The van der Waals surface area contributed by atoms with Crippen LogP contribution in [0, 0.1) is 0 Å². The molecule has 0 aliphatic carbocycles. The molecule has 2 nitrogen and oxygen atoms in total. The first-order valence-electron chi connectivity index (χ1n) is 38.3.